The summed E-state index contributed by atoms with van der Waals surface area (Å²) >= 11 is 0. The van der Waals surface area contributed by atoms with Crippen LogP contribution >= 0.6 is 0 Å². The molecule has 0 bridgehead atoms. The highest BCUT2D eigenvalue weighted by Crippen LogP contribution is 2.28. The van der Waals surface area contributed by atoms with Gasteiger partial charge in [-0.2, -0.15) is 0 Å². The molecule has 0 aliphatic carbocycles. The van der Waals surface area contributed by atoms with Gasteiger partial charge in [0.25, 0.3) is 0 Å². The van der Waals surface area contributed by atoms with E-state index in [2.05, 4.69) is 31.2 Å². The van der Waals surface area contributed by atoms with Crippen molar-refractivity contribution in [2.24, 2.45) is 0 Å². The first-order valence-electron chi connectivity index (χ1n) is 7.73. The molecule has 0 N–H and O–H groups in total. The summed E-state index contributed by atoms with van der Waals surface area (Å²) in [5.74, 6) is 0. The third-order valence-electron chi connectivity index (χ3n) is 2.91. The predicted molar refractivity (Wildman–Crippen MR) is 83.3 cm³/mol. The Morgan fingerprint density at radius 2 is 1.86 bits per heavy atom. The summed E-state index contributed by atoms with van der Waals surface area (Å²) in [6.07, 6.45) is 12.2. The van der Waals surface area contributed by atoms with Gasteiger partial charge in [-0.3, -0.25) is 0 Å². The SMILES string of the molecule is CC/C=C/C/C=C\C[C@H]1O[C@H]1CCOC(=O)OC(C)(C)C. The minimum absolute atomic E-state index is 0.211. The Hall–Kier alpha value is -1.29. The highest BCUT2D eigenvalue weighted by Gasteiger charge is 2.37. The Bertz CT molecular complexity index is 365. The lowest BCUT2D eigenvalue weighted by atomic mass is 10.2. The minimum Gasteiger partial charge on any atom is -0.434 e. The van der Waals surface area contributed by atoms with Crippen LogP contribution in [-0.4, -0.2) is 30.6 Å². The van der Waals surface area contributed by atoms with Crippen LogP contribution in [0.4, 0.5) is 4.79 Å². The van der Waals surface area contributed by atoms with Crippen molar-refractivity contribution in [2.75, 3.05) is 6.61 Å². The Kier molecular flexibility index (Phi) is 7.51. The minimum atomic E-state index is -0.609. The molecule has 21 heavy (non-hydrogen) atoms. The van der Waals surface area contributed by atoms with Gasteiger partial charge in [0.1, 0.15) is 5.60 Å². The van der Waals surface area contributed by atoms with Crippen LogP contribution in [0.2, 0.25) is 0 Å². The number of allylic oxidation sites excluding steroid dienone is 3. The maximum Gasteiger partial charge on any atom is 0.508 e. The zero-order valence-electron chi connectivity index (χ0n) is 13.6. The van der Waals surface area contributed by atoms with E-state index in [9.17, 15) is 4.79 Å². The van der Waals surface area contributed by atoms with E-state index in [4.69, 9.17) is 14.2 Å². The second-order valence-corrected chi connectivity index (χ2v) is 6.14. The third kappa shape index (κ3) is 9.29. The van der Waals surface area contributed by atoms with Gasteiger partial charge in [0.15, 0.2) is 0 Å². The van der Waals surface area contributed by atoms with E-state index in [1.807, 2.05) is 20.8 Å². The van der Waals surface area contributed by atoms with Crippen LogP contribution in [0, 0.1) is 0 Å². The lowest BCUT2D eigenvalue weighted by Gasteiger charge is -2.18. The summed E-state index contributed by atoms with van der Waals surface area (Å²) in [5, 5.41) is 0. The molecule has 4 heteroatoms. The van der Waals surface area contributed by atoms with Crippen molar-refractivity contribution in [1.29, 1.82) is 0 Å². The van der Waals surface area contributed by atoms with Gasteiger partial charge >= 0.3 is 6.16 Å². The largest absolute Gasteiger partial charge is 0.508 e. The molecule has 0 spiro atoms. The summed E-state index contributed by atoms with van der Waals surface area (Å²) in [6.45, 7) is 7.92. The van der Waals surface area contributed by atoms with Crippen LogP contribution in [-0.2, 0) is 14.2 Å². The van der Waals surface area contributed by atoms with Crippen LogP contribution in [0.5, 0.6) is 0 Å². The van der Waals surface area contributed by atoms with Crippen molar-refractivity contribution in [3.05, 3.63) is 24.3 Å². The van der Waals surface area contributed by atoms with Crippen molar-refractivity contribution in [2.45, 2.75) is 71.2 Å². The molecule has 0 aromatic carbocycles. The highest BCUT2D eigenvalue weighted by atomic mass is 16.7. The summed E-state index contributed by atoms with van der Waals surface area (Å²) in [5.41, 5.74) is -0.507. The summed E-state index contributed by atoms with van der Waals surface area (Å²) < 4.78 is 15.6. The normalized spacial score (nSPS) is 21.9. The molecule has 0 saturated carbocycles. The molecule has 0 amide bonds. The number of rotatable bonds is 8. The van der Waals surface area contributed by atoms with Crippen molar-refractivity contribution in [1.82, 2.24) is 0 Å². The summed E-state index contributed by atoms with van der Waals surface area (Å²) in [7, 11) is 0. The van der Waals surface area contributed by atoms with Gasteiger partial charge in [-0.05, 0) is 40.0 Å². The Morgan fingerprint density at radius 1 is 1.14 bits per heavy atom. The number of carbonyl (C=O) groups excluding carboxylic acids is 1. The summed E-state index contributed by atoms with van der Waals surface area (Å²) in [4.78, 5) is 11.3. The molecular formula is C17H28O4. The summed E-state index contributed by atoms with van der Waals surface area (Å²) in [6, 6.07) is 0. The molecule has 1 aliphatic rings. The molecule has 4 nitrogen and oxygen atoms in total. The highest BCUT2D eigenvalue weighted by molar-refractivity contribution is 5.60. The Morgan fingerprint density at radius 3 is 2.52 bits per heavy atom. The monoisotopic (exact) mass is 296 g/mol. The predicted octanol–water partition coefficient (Wildman–Crippen LogP) is 4.40. The van der Waals surface area contributed by atoms with Crippen LogP contribution in [0.1, 0.15) is 53.4 Å². The molecule has 1 rings (SSSR count). The first kappa shape index (κ1) is 17.8. The molecule has 120 valence electrons. The van der Waals surface area contributed by atoms with Crippen LogP contribution in [0.25, 0.3) is 0 Å². The smallest absolute Gasteiger partial charge is 0.434 e. The maximum atomic E-state index is 11.3. The van der Waals surface area contributed by atoms with Gasteiger partial charge in [-0.25, -0.2) is 4.79 Å². The van der Waals surface area contributed by atoms with Crippen molar-refractivity contribution in [3.8, 4) is 0 Å². The van der Waals surface area contributed by atoms with Gasteiger partial charge in [0.2, 0.25) is 0 Å². The molecular weight excluding hydrogens is 268 g/mol. The van der Waals surface area contributed by atoms with Gasteiger partial charge in [0, 0.05) is 6.42 Å². The maximum absolute atomic E-state index is 11.3. The molecule has 1 saturated heterocycles. The van der Waals surface area contributed by atoms with Gasteiger partial charge < -0.3 is 14.2 Å². The van der Waals surface area contributed by atoms with E-state index in [0.717, 1.165) is 25.7 Å². The van der Waals surface area contributed by atoms with E-state index < -0.39 is 11.8 Å². The Labute approximate surface area is 128 Å². The number of epoxide rings is 1. The van der Waals surface area contributed by atoms with Crippen LogP contribution in [0.15, 0.2) is 24.3 Å². The fourth-order valence-electron chi connectivity index (χ4n) is 1.85. The number of hydrogen-bond acceptors (Lipinski definition) is 4. The first-order valence-corrected chi connectivity index (χ1v) is 7.73. The number of hydrogen-bond donors (Lipinski definition) is 0. The number of carbonyl (C=O) groups is 1. The standard InChI is InChI=1S/C17H28O4/c1-5-6-7-8-9-10-11-14-15(20-14)12-13-19-16(18)21-17(2,3)4/h6-7,9-10,14-15H,5,8,11-13H2,1-4H3/b7-6+,10-9-/t14-,15+/m1/s1. The Balaban J connectivity index is 2.02. The molecule has 0 aromatic rings. The average Bonchev–Trinajstić information content (AvgIpc) is 3.10. The average molecular weight is 296 g/mol. The topological polar surface area (TPSA) is 48.1 Å². The molecule has 0 aromatic heterocycles. The molecule has 1 fully saturated rings. The van der Waals surface area contributed by atoms with E-state index in [1.165, 1.54) is 0 Å². The lowest BCUT2D eigenvalue weighted by Crippen LogP contribution is -2.24. The zero-order chi connectivity index (χ0) is 15.7. The molecule has 1 heterocycles. The van der Waals surface area contributed by atoms with E-state index in [0.29, 0.717) is 6.61 Å². The second kappa shape index (κ2) is 8.88. The van der Waals surface area contributed by atoms with Crippen molar-refractivity contribution in [3.63, 3.8) is 0 Å². The lowest BCUT2D eigenvalue weighted by molar-refractivity contribution is -0.00805. The van der Waals surface area contributed by atoms with Gasteiger partial charge in [-0.15, -0.1) is 0 Å². The molecule has 2 atom stereocenters. The third-order valence-corrected chi connectivity index (χ3v) is 2.91. The van der Waals surface area contributed by atoms with E-state index in [-0.39, 0.29) is 12.2 Å². The molecule has 1 aliphatic heterocycles. The zero-order valence-corrected chi connectivity index (χ0v) is 13.6. The molecule has 0 radical (unpaired) electrons. The van der Waals surface area contributed by atoms with Crippen LogP contribution < -0.4 is 0 Å². The first-order chi connectivity index (χ1) is 9.92. The fraction of sp³-hybridized carbons (Fsp3) is 0.706. The van der Waals surface area contributed by atoms with E-state index >= 15 is 0 Å². The van der Waals surface area contributed by atoms with Crippen LogP contribution in [0.3, 0.4) is 0 Å². The fourth-order valence-corrected chi connectivity index (χ4v) is 1.85. The van der Waals surface area contributed by atoms with Crippen molar-refractivity contribution >= 4 is 6.16 Å². The van der Waals surface area contributed by atoms with Crippen molar-refractivity contribution < 1.29 is 19.0 Å². The second-order valence-electron chi connectivity index (χ2n) is 6.14. The van der Waals surface area contributed by atoms with Gasteiger partial charge in [-0.1, -0.05) is 31.2 Å². The number of ether oxygens (including phenoxy) is 3. The van der Waals surface area contributed by atoms with Gasteiger partial charge in [0.05, 0.1) is 18.8 Å². The van der Waals surface area contributed by atoms with E-state index in [1.54, 1.807) is 0 Å². The quantitative estimate of drug-likeness (QED) is 0.378. The molecule has 0 unspecified atom stereocenters.